The Morgan fingerprint density at radius 3 is 2.75 bits per heavy atom. The fraction of sp³-hybridized carbons (Fsp3) is 0.125. The van der Waals surface area contributed by atoms with Gasteiger partial charge in [-0.3, -0.25) is 10.1 Å². The molecule has 6 nitrogen and oxygen atoms in total. The molecule has 2 heterocycles. The summed E-state index contributed by atoms with van der Waals surface area (Å²) in [5, 5.41) is 11.3. The summed E-state index contributed by atoms with van der Waals surface area (Å²) in [5.74, 6) is 0.995. The van der Waals surface area contributed by atoms with Gasteiger partial charge in [-0.1, -0.05) is 53.4 Å². The molecule has 0 aliphatic carbocycles. The molecule has 0 saturated heterocycles. The van der Waals surface area contributed by atoms with Crippen molar-refractivity contribution < 1.29 is 9.53 Å². The van der Waals surface area contributed by atoms with Gasteiger partial charge in [0, 0.05) is 18.0 Å². The Hall–Kier alpha value is -2.45. The molecule has 1 amide bonds. The lowest BCUT2D eigenvalue weighted by atomic mass is 10.2. The van der Waals surface area contributed by atoms with Gasteiger partial charge in [-0.15, -0.1) is 10.2 Å². The largest absolute Gasteiger partial charge is 0.481 e. The van der Waals surface area contributed by atoms with Gasteiger partial charge in [-0.25, -0.2) is 4.98 Å². The zero-order chi connectivity index (χ0) is 16.8. The number of benzene rings is 1. The van der Waals surface area contributed by atoms with Crippen LogP contribution in [0.4, 0.5) is 5.13 Å². The van der Waals surface area contributed by atoms with Crippen LogP contribution in [0.25, 0.3) is 0 Å². The topological polar surface area (TPSA) is 77.0 Å². The maximum absolute atomic E-state index is 12.1. The number of anilines is 1. The lowest BCUT2D eigenvalue weighted by Crippen LogP contribution is -2.12. The summed E-state index contributed by atoms with van der Waals surface area (Å²) in [6, 6.07) is 13.4. The number of carbonyl (C=O) groups is 1. The minimum atomic E-state index is -0.277. The van der Waals surface area contributed by atoms with Crippen LogP contribution in [0.5, 0.6) is 5.88 Å². The van der Waals surface area contributed by atoms with Crippen molar-refractivity contribution in [2.24, 2.45) is 0 Å². The highest BCUT2D eigenvalue weighted by molar-refractivity contribution is 8.00. The van der Waals surface area contributed by atoms with E-state index in [0.717, 1.165) is 10.1 Å². The molecule has 0 aliphatic heterocycles. The standard InChI is InChI=1S/C16H14N4O2S2/c1-22-13-8-7-12(9-17-13)14(21)18-15-19-20-16(24-15)23-10-11-5-3-2-4-6-11/h2-9H,10H2,1H3,(H,18,19,21). The number of aromatic nitrogens is 3. The number of amides is 1. The molecule has 24 heavy (non-hydrogen) atoms. The molecule has 0 bridgehead atoms. The van der Waals surface area contributed by atoms with Gasteiger partial charge >= 0.3 is 0 Å². The van der Waals surface area contributed by atoms with E-state index >= 15 is 0 Å². The zero-order valence-corrected chi connectivity index (χ0v) is 14.4. The van der Waals surface area contributed by atoms with Crippen LogP contribution in [0.1, 0.15) is 15.9 Å². The van der Waals surface area contributed by atoms with Crippen molar-refractivity contribution in [3.05, 3.63) is 59.8 Å². The quantitative estimate of drug-likeness (QED) is 0.537. The summed E-state index contributed by atoms with van der Waals surface area (Å²) < 4.78 is 5.78. The fourth-order valence-corrected chi connectivity index (χ4v) is 3.55. The number of nitrogens with one attached hydrogen (secondary N) is 1. The second-order valence-electron chi connectivity index (χ2n) is 4.69. The lowest BCUT2D eigenvalue weighted by Gasteiger charge is -2.02. The molecular weight excluding hydrogens is 344 g/mol. The summed E-state index contributed by atoms with van der Waals surface area (Å²) in [6.45, 7) is 0. The molecule has 1 aromatic carbocycles. The molecule has 8 heteroatoms. The molecule has 0 radical (unpaired) electrons. The number of rotatable bonds is 6. The first-order valence-corrected chi connectivity index (χ1v) is 8.86. The first-order chi connectivity index (χ1) is 11.7. The second-order valence-corrected chi connectivity index (χ2v) is 6.89. The van der Waals surface area contributed by atoms with Crippen LogP contribution in [-0.2, 0) is 5.75 Å². The van der Waals surface area contributed by atoms with Crippen LogP contribution in [0, 0.1) is 0 Å². The molecule has 0 unspecified atom stereocenters. The molecule has 0 aliphatic rings. The first-order valence-electron chi connectivity index (χ1n) is 7.06. The summed E-state index contributed by atoms with van der Waals surface area (Å²) in [5.41, 5.74) is 1.65. The van der Waals surface area contributed by atoms with E-state index in [9.17, 15) is 4.79 Å². The van der Waals surface area contributed by atoms with Crippen LogP contribution >= 0.6 is 23.1 Å². The monoisotopic (exact) mass is 358 g/mol. The molecule has 2 aromatic heterocycles. The predicted octanol–water partition coefficient (Wildman–Crippen LogP) is 3.49. The van der Waals surface area contributed by atoms with E-state index in [1.807, 2.05) is 18.2 Å². The molecule has 1 N–H and O–H groups in total. The minimum Gasteiger partial charge on any atom is -0.481 e. The lowest BCUT2D eigenvalue weighted by molar-refractivity contribution is 0.102. The Kier molecular flexibility index (Phi) is 5.39. The Balaban J connectivity index is 1.57. The number of carbonyl (C=O) groups excluding carboxylic acids is 1. The highest BCUT2D eigenvalue weighted by Crippen LogP contribution is 2.28. The van der Waals surface area contributed by atoms with E-state index < -0.39 is 0 Å². The van der Waals surface area contributed by atoms with Crippen LogP contribution in [0.15, 0.2) is 53.0 Å². The number of methoxy groups -OCH3 is 1. The SMILES string of the molecule is COc1ccc(C(=O)Nc2nnc(SCc3ccccc3)s2)cn1. The van der Waals surface area contributed by atoms with Crippen molar-refractivity contribution in [1.82, 2.24) is 15.2 Å². The predicted molar refractivity (Wildman–Crippen MR) is 94.7 cm³/mol. The molecule has 3 aromatic rings. The minimum absolute atomic E-state index is 0.277. The highest BCUT2D eigenvalue weighted by atomic mass is 32.2. The van der Waals surface area contributed by atoms with Gasteiger partial charge in [0.15, 0.2) is 4.34 Å². The number of hydrogen-bond acceptors (Lipinski definition) is 7. The number of ether oxygens (including phenoxy) is 1. The molecule has 0 fully saturated rings. The van der Waals surface area contributed by atoms with Crippen molar-refractivity contribution in [3.63, 3.8) is 0 Å². The Morgan fingerprint density at radius 2 is 2.04 bits per heavy atom. The van der Waals surface area contributed by atoms with Gasteiger partial charge in [-0.2, -0.15) is 0 Å². The van der Waals surface area contributed by atoms with Crippen LogP contribution < -0.4 is 10.1 Å². The number of thioether (sulfide) groups is 1. The van der Waals surface area contributed by atoms with Crippen molar-refractivity contribution in [2.45, 2.75) is 10.1 Å². The Labute approximate surface area is 147 Å². The number of hydrogen-bond donors (Lipinski definition) is 1. The maximum atomic E-state index is 12.1. The third-order valence-electron chi connectivity index (χ3n) is 3.04. The second kappa shape index (κ2) is 7.89. The molecular formula is C16H14N4O2S2. The zero-order valence-electron chi connectivity index (χ0n) is 12.8. The summed E-state index contributed by atoms with van der Waals surface area (Å²) in [4.78, 5) is 16.2. The smallest absolute Gasteiger partial charge is 0.259 e. The fourth-order valence-electron chi connectivity index (χ4n) is 1.84. The van der Waals surface area contributed by atoms with E-state index in [1.54, 1.807) is 23.9 Å². The average Bonchev–Trinajstić information content (AvgIpc) is 3.08. The van der Waals surface area contributed by atoms with Crippen LogP contribution in [-0.4, -0.2) is 28.2 Å². The van der Waals surface area contributed by atoms with Crippen molar-refractivity contribution in [1.29, 1.82) is 0 Å². The van der Waals surface area contributed by atoms with Gasteiger partial charge in [0.25, 0.3) is 5.91 Å². The Bertz CT molecular complexity index is 806. The molecule has 3 rings (SSSR count). The van der Waals surface area contributed by atoms with Gasteiger partial charge in [0.1, 0.15) is 0 Å². The molecule has 0 saturated carbocycles. The number of nitrogens with zero attached hydrogens (tertiary/aromatic N) is 3. The van der Waals surface area contributed by atoms with E-state index in [-0.39, 0.29) is 5.91 Å². The first kappa shape index (κ1) is 16.4. The third-order valence-corrected chi connectivity index (χ3v) is 5.08. The van der Waals surface area contributed by atoms with Gasteiger partial charge < -0.3 is 4.74 Å². The van der Waals surface area contributed by atoms with E-state index in [0.29, 0.717) is 16.6 Å². The molecule has 0 atom stereocenters. The van der Waals surface area contributed by atoms with Gasteiger partial charge in [0.2, 0.25) is 11.0 Å². The van der Waals surface area contributed by atoms with Crippen molar-refractivity contribution in [2.75, 3.05) is 12.4 Å². The maximum Gasteiger partial charge on any atom is 0.259 e. The number of pyridine rings is 1. The van der Waals surface area contributed by atoms with Crippen molar-refractivity contribution in [3.8, 4) is 5.88 Å². The summed E-state index contributed by atoms with van der Waals surface area (Å²) >= 11 is 2.93. The van der Waals surface area contributed by atoms with Crippen molar-refractivity contribution >= 4 is 34.1 Å². The molecule has 0 spiro atoms. The van der Waals surface area contributed by atoms with E-state index in [2.05, 4.69) is 32.6 Å². The van der Waals surface area contributed by atoms with Gasteiger partial charge in [-0.05, 0) is 11.6 Å². The molecule has 122 valence electrons. The van der Waals surface area contributed by atoms with E-state index in [1.165, 1.54) is 30.2 Å². The third kappa shape index (κ3) is 4.30. The van der Waals surface area contributed by atoms with E-state index in [4.69, 9.17) is 4.74 Å². The average molecular weight is 358 g/mol. The normalized spacial score (nSPS) is 10.4. The Morgan fingerprint density at radius 1 is 1.21 bits per heavy atom. The van der Waals surface area contributed by atoms with Gasteiger partial charge in [0.05, 0.1) is 12.7 Å². The summed E-state index contributed by atoms with van der Waals surface area (Å²) in [6.07, 6.45) is 1.46. The van der Waals surface area contributed by atoms with Crippen LogP contribution in [0.2, 0.25) is 0 Å². The van der Waals surface area contributed by atoms with Crippen LogP contribution in [0.3, 0.4) is 0 Å². The highest BCUT2D eigenvalue weighted by Gasteiger charge is 2.11. The summed E-state index contributed by atoms with van der Waals surface area (Å²) in [7, 11) is 1.53.